The van der Waals surface area contributed by atoms with Gasteiger partial charge in [-0.2, -0.15) is 0 Å². The van der Waals surface area contributed by atoms with E-state index < -0.39 is 11.9 Å². The number of methoxy groups -OCH3 is 2. The molecule has 0 aliphatic carbocycles. The van der Waals surface area contributed by atoms with Gasteiger partial charge in [0.1, 0.15) is 18.8 Å². The van der Waals surface area contributed by atoms with E-state index in [0.29, 0.717) is 42.5 Å². The second-order valence-corrected chi connectivity index (χ2v) is 8.56. The number of hydrogen-bond acceptors (Lipinski definition) is 10. The fourth-order valence-electron chi connectivity index (χ4n) is 2.84. The number of ether oxygens (including phenoxy) is 2. The molecule has 0 spiro atoms. The Hall–Kier alpha value is -3.28. The van der Waals surface area contributed by atoms with Crippen molar-refractivity contribution >= 4 is 84.8 Å². The first-order chi connectivity index (χ1) is 16.2. The Morgan fingerprint density at radius 2 is 1.74 bits per heavy atom. The van der Waals surface area contributed by atoms with Crippen molar-refractivity contribution < 1.29 is 23.9 Å². The number of benzene rings is 2. The highest BCUT2D eigenvalue weighted by molar-refractivity contribution is 7.22. The van der Waals surface area contributed by atoms with E-state index in [1.165, 1.54) is 37.4 Å². The number of carbonyl (C=O) groups excluding carboxylic acids is 3. The number of hydrogen-bond donors (Lipinski definition) is 1. The molecule has 34 heavy (non-hydrogen) atoms. The van der Waals surface area contributed by atoms with Crippen molar-refractivity contribution in [2.75, 3.05) is 37.5 Å². The number of rotatable bonds is 8. The van der Waals surface area contributed by atoms with Crippen LogP contribution in [0.2, 0.25) is 10.0 Å². The Kier molecular flexibility index (Phi) is 8.37. The molecule has 1 amide bonds. The van der Waals surface area contributed by atoms with Gasteiger partial charge in [-0.05, 0) is 30.3 Å². The van der Waals surface area contributed by atoms with Crippen LogP contribution in [0.4, 0.5) is 22.2 Å². The van der Waals surface area contributed by atoms with E-state index in [2.05, 4.69) is 20.5 Å². The molecule has 1 N–H and O–H groups in total. The average molecular weight is 524 g/mol. The van der Waals surface area contributed by atoms with Gasteiger partial charge in [-0.15, -0.1) is 10.2 Å². The van der Waals surface area contributed by atoms with Crippen LogP contribution >= 0.6 is 34.5 Å². The molecule has 178 valence electrons. The van der Waals surface area contributed by atoms with Crippen LogP contribution in [0.15, 0.2) is 40.6 Å². The molecule has 0 radical (unpaired) electrons. The number of esters is 2. The monoisotopic (exact) mass is 523 g/mol. The van der Waals surface area contributed by atoms with Gasteiger partial charge < -0.3 is 19.7 Å². The van der Waals surface area contributed by atoms with E-state index in [1.807, 2.05) is 0 Å². The summed E-state index contributed by atoms with van der Waals surface area (Å²) in [5.41, 5.74) is 1.74. The van der Waals surface area contributed by atoms with Gasteiger partial charge >= 0.3 is 11.9 Å². The third-order valence-electron chi connectivity index (χ3n) is 4.43. The number of amides is 1. The Bertz CT molecular complexity index is 1260. The van der Waals surface area contributed by atoms with E-state index in [-0.39, 0.29) is 19.0 Å². The van der Waals surface area contributed by atoms with Crippen LogP contribution in [0.1, 0.15) is 6.92 Å². The molecule has 0 aliphatic rings. The second kappa shape index (κ2) is 11.2. The molecular formula is C21H19Cl2N5O5S. The minimum absolute atomic E-state index is 0.207. The van der Waals surface area contributed by atoms with Gasteiger partial charge in [0.15, 0.2) is 0 Å². The lowest BCUT2D eigenvalue weighted by atomic mass is 10.2. The summed E-state index contributed by atoms with van der Waals surface area (Å²) in [5.74, 6) is -1.45. The average Bonchev–Trinajstić information content (AvgIpc) is 3.23. The predicted octanol–water partition coefficient (Wildman–Crippen LogP) is 5.13. The van der Waals surface area contributed by atoms with Crippen molar-refractivity contribution in [2.45, 2.75) is 6.92 Å². The van der Waals surface area contributed by atoms with Crippen molar-refractivity contribution in [3.63, 3.8) is 0 Å². The van der Waals surface area contributed by atoms with E-state index >= 15 is 0 Å². The van der Waals surface area contributed by atoms with Crippen molar-refractivity contribution in [2.24, 2.45) is 10.2 Å². The van der Waals surface area contributed by atoms with E-state index in [1.54, 1.807) is 30.3 Å². The first-order valence-corrected chi connectivity index (χ1v) is 11.3. The highest BCUT2D eigenvalue weighted by Crippen LogP contribution is 2.38. The molecule has 0 saturated carbocycles. The van der Waals surface area contributed by atoms with Crippen molar-refractivity contribution in [3.8, 4) is 0 Å². The van der Waals surface area contributed by atoms with Crippen LogP contribution in [-0.2, 0) is 23.9 Å². The van der Waals surface area contributed by atoms with Crippen LogP contribution in [0.25, 0.3) is 10.2 Å². The molecule has 13 heteroatoms. The van der Waals surface area contributed by atoms with Gasteiger partial charge in [0.25, 0.3) is 0 Å². The molecule has 0 unspecified atom stereocenters. The zero-order valence-electron chi connectivity index (χ0n) is 18.3. The lowest BCUT2D eigenvalue weighted by Crippen LogP contribution is -2.35. The van der Waals surface area contributed by atoms with Gasteiger partial charge in [-0.3, -0.25) is 14.4 Å². The van der Waals surface area contributed by atoms with Crippen LogP contribution in [0.3, 0.4) is 0 Å². The second-order valence-electron chi connectivity index (χ2n) is 6.80. The molecule has 1 heterocycles. The number of nitrogens with zero attached hydrogens (tertiary/aromatic N) is 4. The first-order valence-electron chi connectivity index (χ1n) is 9.68. The molecule has 0 aliphatic heterocycles. The van der Waals surface area contributed by atoms with Crippen molar-refractivity contribution in [1.29, 1.82) is 0 Å². The quantitative estimate of drug-likeness (QED) is 0.320. The number of azo groups is 1. The lowest BCUT2D eigenvalue weighted by molar-refractivity contribution is -0.140. The maximum atomic E-state index is 11.8. The summed E-state index contributed by atoms with van der Waals surface area (Å²) in [6, 6.07) is 8.16. The summed E-state index contributed by atoms with van der Waals surface area (Å²) in [7, 11) is 2.49. The molecular weight excluding hydrogens is 505 g/mol. The van der Waals surface area contributed by atoms with Gasteiger partial charge in [0.05, 0.1) is 40.2 Å². The molecule has 2 aromatic carbocycles. The molecule has 1 aromatic heterocycles. The van der Waals surface area contributed by atoms with Crippen LogP contribution in [-0.4, -0.2) is 50.1 Å². The number of thiazole rings is 1. The van der Waals surface area contributed by atoms with E-state index in [9.17, 15) is 14.4 Å². The number of fused-ring (bicyclic) bond motifs is 1. The fourth-order valence-corrected chi connectivity index (χ4v) is 4.16. The summed E-state index contributed by atoms with van der Waals surface area (Å²) in [4.78, 5) is 41.2. The van der Waals surface area contributed by atoms with E-state index in [0.717, 1.165) is 0 Å². The number of aromatic nitrogens is 1. The lowest BCUT2D eigenvalue weighted by Gasteiger charge is -2.23. The van der Waals surface area contributed by atoms with Crippen LogP contribution < -0.4 is 10.2 Å². The SMILES string of the molecule is COC(=O)CN(CC(=O)OC)c1ccc(N=Nc2nc3ccc(Cl)c(Cl)c3s2)c(NC(C)=O)c1. The summed E-state index contributed by atoms with van der Waals surface area (Å²) in [5, 5.41) is 12.2. The number of anilines is 2. The van der Waals surface area contributed by atoms with Crippen molar-refractivity contribution in [1.82, 2.24) is 4.98 Å². The normalized spacial score (nSPS) is 11.0. The smallest absolute Gasteiger partial charge is 0.325 e. The minimum atomic E-state index is -0.552. The van der Waals surface area contributed by atoms with E-state index in [4.69, 9.17) is 32.7 Å². The maximum absolute atomic E-state index is 11.8. The molecule has 0 atom stereocenters. The summed E-state index contributed by atoms with van der Waals surface area (Å²) < 4.78 is 10.1. The molecule has 0 saturated heterocycles. The van der Waals surface area contributed by atoms with Crippen LogP contribution in [0, 0.1) is 0 Å². The summed E-state index contributed by atoms with van der Waals surface area (Å²) >= 11 is 13.5. The van der Waals surface area contributed by atoms with Crippen molar-refractivity contribution in [3.05, 3.63) is 40.4 Å². The third-order valence-corrected chi connectivity index (χ3v) is 6.32. The minimum Gasteiger partial charge on any atom is -0.468 e. The third kappa shape index (κ3) is 6.19. The molecule has 0 bridgehead atoms. The van der Waals surface area contributed by atoms with Gasteiger partial charge in [0, 0.05) is 12.6 Å². The highest BCUT2D eigenvalue weighted by atomic mass is 35.5. The fraction of sp³-hybridized carbons (Fsp3) is 0.238. The molecule has 3 aromatic rings. The van der Waals surface area contributed by atoms with Gasteiger partial charge in [-0.25, -0.2) is 4.98 Å². The standard InChI is InChI=1S/C21H19Cl2N5O5S/c1-11(29)24-16-8-12(28(9-17(30)32-2)10-18(31)33-3)4-6-14(16)26-27-21-25-15-7-5-13(22)19(23)20(15)34-21/h4-8H,9-10H2,1-3H3,(H,24,29). The molecule has 3 rings (SSSR count). The number of nitrogens with one attached hydrogen (secondary N) is 1. The largest absolute Gasteiger partial charge is 0.468 e. The first kappa shape index (κ1) is 25.3. The summed E-state index contributed by atoms with van der Waals surface area (Å²) in [6.45, 7) is 0.926. The van der Waals surface area contributed by atoms with Gasteiger partial charge in [-0.1, -0.05) is 34.5 Å². The highest BCUT2D eigenvalue weighted by Gasteiger charge is 2.18. The zero-order valence-corrected chi connectivity index (χ0v) is 20.6. The zero-order chi connectivity index (χ0) is 24.8. The Balaban J connectivity index is 1.96. The summed E-state index contributed by atoms with van der Waals surface area (Å²) in [6.07, 6.45) is 0. The molecule has 0 fully saturated rings. The predicted molar refractivity (Wildman–Crippen MR) is 131 cm³/mol. The van der Waals surface area contributed by atoms with Gasteiger partial charge in [0.2, 0.25) is 11.0 Å². The Morgan fingerprint density at radius 3 is 2.35 bits per heavy atom. The Labute approximate surface area is 208 Å². The Morgan fingerprint density at radius 1 is 1.06 bits per heavy atom. The maximum Gasteiger partial charge on any atom is 0.325 e. The number of halogens is 2. The molecule has 10 nitrogen and oxygen atoms in total. The van der Waals surface area contributed by atoms with Crippen LogP contribution in [0.5, 0.6) is 0 Å². The number of carbonyl (C=O) groups is 3. The topological polar surface area (TPSA) is 123 Å².